The highest BCUT2D eigenvalue weighted by molar-refractivity contribution is 5.87. The number of carboxylic acids is 1. The second kappa shape index (κ2) is 5.86. The molecule has 1 saturated heterocycles. The maximum atomic E-state index is 13.3. The highest BCUT2D eigenvalue weighted by Gasteiger charge is 2.49. The minimum Gasteiger partial charge on any atom is -0.480 e. The normalized spacial score (nSPS) is 32.5. The highest BCUT2D eigenvalue weighted by atomic mass is 16.4. The first-order valence-corrected chi connectivity index (χ1v) is 8.67. The average molecular weight is 329 g/mol. The number of benzene rings is 1. The Kier molecular flexibility index (Phi) is 3.81. The summed E-state index contributed by atoms with van der Waals surface area (Å²) in [6, 6.07) is 7.15. The van der Waals surface area contributed by atoms with E-state index in [1.807, 2.05) is 31.2 Å². The van der Waals surface area contributed by atoms with Crippen LogP contribution in [0.4, 0.5) is 0 Å². The summed E-state index contributed by atoms with van der Waals surface area (Å²) in [6.45, 7) is 2.37. The lowest BCUT2D eigenvalue weighted by atomic mass is 9.87. The number of carbonyl (C=O) groups is 2. The number of nitrogens with zero attached hydrogens (tertiary/aromatic N) is 1. The van der Waals surface area contributed by atoms with Crippen molar-refractivity contribution in [3.8, 4) is 0 Å². The summed E-state index contributed by atoms with van der Waals surface area (Å²) < 4.78 is 0. The third kappa shape index (κ3) is 2.59. The van der Waals surface area contributed by atoms with Gasteiger partial charge in [0.1, 0.15) is 6.04 Å². The number of aliphatic carboxylic acids is 1. The van der Waals surface area contributed by atoms with E-state index < -0.39 is 12.0 Å². The fourth-order valence-electron chi connectivity index (χ4n) is 4.12. The van der Waals surface area contributed by atoms with Crippen LogP contribution in [0.25, 0.3) is 0 Å². The third-order valence-corrected chi connectivity index (χ3v) is 5.63. The van der Waals surface area contributed by atoms with Gasteiger partial charge in [0.25, 0.3) is 0 Å². The Bertz CT molecular complexity index is 673. The highest BCUT2D eigenvalue weighted by Crippen LogP contribution is 2.39. The van der Waals surface area contributed by atoms with Crippen LogP contribution < -0.4 is 10.9 Å². The van der Waals surface area contributed by atoms with Crippen molar-refractivity contribution < 1.29 is 14.7 Å². The van der Waals surface area contributed by atoms with Gasteiger partial charge in [0, 0.05) is 25.0 Å². The number of amides is 1. The number of nitrogens with one attached hydrogen (secondary N) is 2. The lowest BCUT2D eigenvalue weighted by molar-refractivity contribution is -0.153. The molecule has 24 heavy (non-hydrogen) atoms. The standard InChI is InChI=1S/C18H23N3O3/c1-10-15(16(20-19-10)11-6-7-11)17(22)21-9-13-5-3-2-4-12(13)8-14(21)18(23)24/h2-5,10-11,14-16,19-20H,6-9H2,1H3,(H,23,24). The molecule has 4 rings (SSSR count). The Morgan fingerprint density at radius 2 is 1.88 bits per heavy atom. The molecule has 1 aromatic carbocycles. The van der Waals surface area contributed by atoms with E-state index in [2.05, 4.69) is 10.9 Å². The summed E-state index contributed by atoms with van der Waals surface area (Å²) in [5.74, 6) is -0.646. The van der Waals surface area contributed by atoms with Gasteiger partial charge in [-0.2, -0.15) is 0 Å². The molecule has 1 aliphatic carbocycles. The summed E-state index contributed by atoms with van der Waals surface area (Å²) in [7, 11) is 0. The number of carboxylic acid groups (broad SMARTS) is 1. The summed E-state index contributed by atoms with van der Waals surface area (Å²) in [5.41, 5.74) is 8.52. The van der Waals surface area contributed by atoms with Crippen LogP contribution in [-0.4, -0.2) is 40.0 Å². The van der Waals surface area contributed by atoms with Crippen molar-refractivity contribution in [3.63, 3.8) is 0 Å². The van der Waals surface area contributed by atoms with Crippen molar-refractivity contribution in [1.82, 2.24) is 15.8 Å². The monoisotopic (exact) mass is 329 g/mol. The van der Waals surface area contributed by atoms with E-state index in [1.165, 1.54) is 0 Å². The Hall–Kier alpha value is -1.92. The molecule has 1 amide bonds. The molecule has 2 fully saturated rings. The van der Waals surface area contributed by atoms with Crippen molar-refractivity contribution >= 4 is 11.9 Å². The van der Waals surface area contributed by atoms with Gasteiger partial charge >= 0.3 is 5.97 Å². The molecule has 0 aromatic heterocycles. The number of carbonyl (C=O) groups excluding carboxylic acids is 1. The molecular formula is C18H23N3O3. The lowest BCUT2D eigenvalue weighted by Crippen LogP contribution is -2.53. The fraction of sp³-hybridized carbons (Fsp3) is 0.556. The molecule has 1 saturated carbocycles. The van der Waals surface area contributed by atoms with Crippen molar-refractivity contribution in [2.24, 2.45) is 11.8 Å². The van der Waals surface area contributed by atoms with Crippen LogP contribution in [0, 0.1) is 11.8 Å². The first kappa shape index (κ1) is 15.6. The van der Waals surface area contributed by atoms with Gasteiger partial charge in [-0.05, 0) is 36.8 Å². The molecule has 2 heterocycles. The molecule has 4 unspecified atom stereocenters. The van der Waals surface area contributed by atoms with Crippen LogP contribution >= 0.6 is 0 Å². The summed E-state index contributed by atoms with van der Waals surface area (Å²) in [4.78, 5) is 26.6. The van der Waals surface area contributed by atoms with E-state index in [1.54, 1.807) is 4.90 Å². The average Bonchev–Trinajstić information content (AvgIpc) is 3.35. The summed E-state index contributed by atoms with van der Waals surface area (Å²) in [5, 5.41) is 9.65. The molecule has 3 aliphatic rings. The SMILES string of the molecule is CC1NNC(C2CC2)C1C(=O)N1Cc2ccccc2CC1C(=O)O. The van der Waals surface area contributed by atoms with Gasteiger partial charge in [-0.1, -0.05) is 24.3 Å². The van der Waals surface area contributed by atoms with Gasteiger partial charge < -0.3 is 10.0 Å². The van der Waals surface area contributed by atoms with Crippen LogP contribution in [0.1, 0.15) is 30.9 Å². The topological polar surface area (TPSA) is 81.7 Å². The van der Waals surface area contributed by atoms with E-state index in [0.29, 0.717) is 18.9 Å². The molecule has 3 N–H and O–H groups in total. The molecular weight excluding hydrogens is 306 g/mol. The molecule has 0 bridgehead atoms. The van der Waals surface area contributed by atoms with Gasteiger partial charge in [0.05, 0.1) is 5.92 Å². The maximum absolute atomic E-state index is 13.3. The molecule has 128 valence electrons. The number of hydrogen-bond acceptors (Lipinski definition) is 4. The van der Waals surface area contributed by atoms with E-state index in [0.717, 1.165) is 24.0 Å². The van der Waals surface area contributed by atoms with Crippen LogP contribution in [0.5, 0.6) is 0 Å². The third-order valence-electron chi connectivity index (χ3n) is 5.63. The predicted octanol–water partition coefficient (Wildman–Crippen LogP) is 0.916. The lowest BCUT2D eigenvalue weighted by Gasteiger charge is -2.37. The predicted molar refractivity (Wildman–Crippen MR) is 87.9 cm³/mol. The second-order valence-corrected chi connectivity index (χ2v) is 7.26. The van der Waals surface area contributed by atoms with Crippen LogP contribution in [0.15, 0.2) is 24.3 Å². The molecule has 2 aliphatic heterocycles. The van der Waals surface area contributed by atoms with Crippen molar-refractivity contribution in [2.75, 3.05) is 0 Å². The number of hydrogen-bond donors (Lipinski definition) is 3. The molecule has 6 heteroatoms. The van der Waals surface area contributed by atoms with E-state index >= 15 is 0 Å². The van der Waals surface area contributed by atoms with Gasteiger partial charge in [0.15, 0.2) is 0 Å². The molecule has 4 atom stereocenters. The summed E-state index contributed by atoms with van der Waals surface area (Å²) in [6.07, 6.45) is 2.66. The zero-order valence-corrected chi connectivity index (χ0v) is 13.7. The minimum absolute atomic E-state index is 0.00900. The molecule has 0 spiro atoms. The van der Waals surface area contributed by atoms with E-state index in [9.17, 15) is 14.7 Å². The van der Waals surface area contributed by atoms with Crippen molar-refractivity contribution in [2.45, 2.75) is 50.9 Å². The van der Waals surface area contributed by atoms with Gasteiger partial charge in [-0.15, -0.1) is 0 Å². The van der Waals surface area contributed by atoms with E-state index in [-0.39, 0.29) is 23.9 Å². The first-order chi connectivity index (χ1) is 11.6. The fourth-order valence-corrected chi connectivity index (χ4v) is 4.12. The van der Waals surface area contributed by atoms with Crippen molar-refractivity contribution in [3.05, 3.63) is 35.4 Å². The molecule has 6 nitrogen and oxygen atoms in total. The smallest absolute Gasteiger partial charge is 0.326 e. The zero-order chi connectivity index (χ0) is 16.8. The van der Waals surface area contributed by atoms with Crippen molar-refractivity contribution in [1.29, 1.82) is 0 Å². The van der Waals surface area contributed by atoms with Crippen LogP contribution in [0.2, 0.25) is 0 Å². The van der Waals surface area contributed by atoms with Gasteiger partial charge in [-0.3, -0.25) is 15.6 Å². The Morgan fingerprint density at radius 1 is 1.17 bits per heavy atom. The minimum atomic E-state index is -0.924. The Balaban J connectivity index is 1.63. The molecule has 0 radical (unpaired) electrons. The maximum Gasteiger partial charge on any atom is 0.326 e. The second-order valence-electron chi connectivity index (χ2n) is 7.26. The van der Waals surface area contributed by atoms with Gasteiger partial charge in [0.2, 0.25) is 5.91 Å². The largest absolute Gasteiger partial charge is 0.480 e. The zero-order valence-electron chi connectivity index (χ0n) is 13.7. The quantitative estimate of drug-likeness (QED) is 0.768. The van der Waals surface area contributed by atoms with Crippen LogP contribution in [-0.2, 0) is 22.6 Å². The van der Waals surface area contributed by atoms with Crippen LogP contribution in [0.3, 0.4) is 0 Å². The summed E-state index contributed by atoms with van der Waals surface area (Å²) >= 11 is 0. The molecule has 1 aromatic rings. The van der Waals surface area contributed by atoms with Gasteiger partial charge in [-0.25, -0.2) is 4.79 Å². The first-order valence-electron chi connectivity index (χ1n) is 8.67. The number of hydrazine groups is 1. The Morgan fingerprint density at radius 3 is 2.54 bits per heavy atom. The number of fused-ring (bicyclic) bond motifs is 1. The number of rotatable bonds is 3. The van der Waals surface area contributed by atoms with E-state index in [4.69, 9.17) is 0 Å². The Labute approximate surface area is 141 Å².